The third-order valence-corrected chi connectivity index (χ3v) is 6.36. The first-order valence-electron chi connectivity index (χ1n) is 8.25. The molecule has 0 aliphatic carbocycles. The minimum atomic E-state index is -3.74. The number of amides is 1. The lowest BCUT2D eigenvalue weighted by Gasteiger charge is -2.29. The van der Waals surface area contributed by atoms with Crippen LogP contribution in [0, 0.1) is 6.92 Å². The second kappa shape index (κ2) is 5.65. The molecular formula is C18H19N4O3S+. The molecule has 0 aromatic heterocycles. The van der Waals surface area contributed by atoms with Crippen molar-refractivity contribution in [3.63, 3.8) is 0 Å². The number of hydrogen-bond donors (Lipinski definition) is 1. The third-order valence-electron chi connectivity index (χ3n) is 4.55. The summed E-state index contributed by atoms with van der Waals surface area (Å²) in [5.74, 6) is -0.0296. The highest BCUT2D eigenvalue weighted by Crippen LogP contribution is 2.36. The van der Waals surface area contributed by atoms with E-state index in [-0.39, 0.29) is 10.8 Å². The Bertz CT molecular complexity index is 1030. The van der Waals surface area contributed by atoms with E-state index in [2.05, 4.69) is 5.10 Å². The average molecular weight is 371 g/mol. The zero-order valence-electron chi connectivity index (χ0n) is 14.7. The number of quaternary nitrogens is 1. The van der Waals surface area contributed by atoms with Gasteiger partial charge in [0.1, 0.15) is 0 Å². The Labute approximate surface area is 152 Å². The first-order valence-corrected chi connectivity index (χ1v) is 9.69. The number of fused-ring (bicyclic) bond motifs is 3. The van der Waals surface area contributed by atoms with Crippen LogP contribution < -0.4 is 4.90 Å². The fraction of sp³-hybridized carbons (Fsp3) is 0.222. The molecule has 0 saturated carbocycles. The third kappa shape index (κ3) is 2.26. The van der Waals surface area contributed by atoms with Gasteiger partial charge in [-0.05, 0) is 31.2 Å². The first-order chi connectivity index (χ1) is 12.3. The fourth-order valence-electron chi connectivity index (χ4n) is 3.28. The molecular weight excluding hydrogens is 352 g/mol. The summed E-state index contributed by atoms with van der Waals surface area (Å²) in [6, 6.07) is 13.9. The van der Waals surface area contributed by atoms with Gasteiger partial charge in [0.05, 0.1) is 19.0 Å². The molecule has 2 aromatic carbocycles. The molecule has 1 amide bonds. The zero-order valence-corrected chi connectivity index (χ0v) is 15.5. The highest BCUT2D eigenvalue weighted by molar-refractivity contribution is 7.90. The molecule has 4 rings (SSSR count). The van der Waals surface area contributed by atoms with Crippen molar-refractivity contribution in [1.82, 2.24) is 9.31 Å². The summed E-state index contributed by atoms with van der Waals surface area (Å²) in [6.45, 7) is 1.94. The summed E-state index contributed by atoms with van der Waals surface area (Å²) in [5.41, 5.74) is 2.04. The van der Waals surface area contributed by atoms with E-state index >= 15 is 0 Å². The lowest BCUT2D eigenvalue weighted by molar-refractivity contribution is -0.904. The monoisotopic (exact) mass is 371 g/mol. The molecule has 0 bridgehead atoms. The fourth-order valence-corrected chi connectivity index (χ4v) is 5.11. The normalized spacial score (nSPS) is 20.2. The van der Waals surface area contributed by atoms with Gasteiger partial charge in [-0.1, -0.05) is 29.8 Å². The summed E-state index contributed by atoms with van der Waals surface area (Å²) >= 11 is 0. The predicted octanol–water partition coefficient (Wildman–Crippen LogP) is 0.245. The van der Waals surface area contributed by atoms with E-state index in [0.29, 0.717) is 17.0 Å². The quantitative estimate of drug-likeness (QED) is 0.822. The Balaban J connectivity index is 1.84. The van der Waals surface area contributed by atoms with Gasteiger partial charge in [0.25, 0.3) is 22.2 Å². The first kappa shape index (κ1) is 16.7. The summed E-state index contributed by atoms with van der Waals surface area (Å²) in [5, 5.41) is 5.68. The highest BCUT2D eigenvalue weighted by Gasteiger charge is 2.54. The number of amidine groups is 1. The minimum absolute atomic E-state index is 0.229. The molecule has 2 aromatic rings. The van der Waals surface area contributed by atoms with Crippen molar-refractivity contribution in [3.05, 3.63) is 65.2 Å². The Kier molecular flexibility index (Phi) is 3.64. The van der Waals surface area contributed by atoms with Crippen molar-refractivity contribution in [3.8, 4) is 0 Å². The molecule has 2 aliphatic rings. The maximum absolute atomic E-state index is 13.0. The van der Waals surface area contributed by atoms with Crippen molar-refractivity contribution in [2.24, 2.45) is 5.10 Å². The van der Waals surface area contributed by atoms with Crippen LogP contribution in [-0.2, 0) is 10.0 Å². The number of sulfonamides is 1. The molecule has 1 atom stereocenters. The van der Waals surface area contributed by atoms with Crippen LogP contribution in [0.15, 0.2) is 58.5 Å². The second-order valence-electron chi connectivity index (χ2n) is 6.69. The van der Waals surface area contributed by atoms with E-state index in [1.807, 2.05) is 19.1 Å². The largest absolute Gasteiger partial charge is 0.299 e. The van der Waals surface area contributed by atoms with Crippen LogP contribution in [0.2, 0.25) is 0 Å². The van der Waals surface area contributed by atoms with Gasteiger partial charge in [-0.25, -0.2) is 8.42 Å². The molecule has 7 nitrogen and oxygen atoms in total. The van der Waals surface area contributed by atoms with Crippen LogP contribution in [0.5, 0.6) is 0 Å². The summed E-state index contributed by atoms with van der Waals surface area (Å²) in [4.78, 5) is 14.0. The summed E-state index contributed by atoms with van der Waals surface area (Å²) < 4.78 is 27.3. The molecule has 2 aliphatic heterocycles. The molecule has 26 heavy (non-hydrogen) atoms. The Morgan fingerprint density at radius 1 is 1.08 bits per heavy atom. The molecule has 0 spiro atoms. The standard InChI is InChI=1S/C18H18N4O3S/c1-12-8-10-13(11-9-12)17(23)21-18(20(2)3)22-16(19-21)14-6-4-5-7-15(14)26(22,24)25/h4-11,18H,1-3H3/p+1. The molecule has 134 valence electrons. The van der Waals surface area contributed by atoms with Crippen LogP contribution in [0.4, 0.5) is 0 Å². The lowest BCUT2D eigenvalue weighted by atomic mass is 10.1. The number of nitrogens with zero attached hydrogens (tertiary/aromatic N) is 3. The van der Waals surface area contributed by atoms with Gasteiger partial charge in [-0.15, -0.1) is 5.10 Å². The van der Waals surface area contributed by atoms with Crippen molar-refractivity contribution < 1.29 is 18.1 Å². The van der Waals surface area contributed by atoms with Gasteiger partial charge in [-0.2, -0.15) is 9.31 Å². The van der Waals surface area contributed by atoms with E-state index in [9.17, 15) is 13.2 Å². The van der Waals surface area contributed by atoms with Gasteiger partial charge in [0.15, 0.2) is 5.84 Å². The Morgan fingerprint density at radius 2 is 1.73 bits per heavy atom. The van der Waals surface area contributed by atoms with E-state index in [1.165, 1.54) is 9.31 Å². The van der Waals surface area contributed by atoms with E-state index in [1.54, 1.807) is 50.5 Å². The molecule has 0 radical (unpaired) electrons. The number of rotatable bonds is 2. The molecule has 0 fully saturated rings. The number of hydrazone groups is 1. The molecule has 1 N–H and O–H groups in total. The maximum atomic E-state index is 13.0. The van der Waals surface area contributed by atoms with Crippen molar-refractivity contribution >= 4 is 21.8 Å². The minimum Gasteiger partial charge on any atom is -0.299 e. The van der Waals surface area contributed by atoms with Gasteiger partial charge < -0.3 is 0 Å². The van der Waals surface area contributed by atoms with E-state index in [4.69, 9.17) is 0 Å². The van der Waals surface area contributed by atoms with Crippen LogP contribution in [-0.4, -0.2) is 49.9 Å². The van der Waals surface area contributed by atoms with E-state index < -0.39 is 16.3 Å². The van der Waals surface area contributed by atoms with Gasteiger partial charge in [-0.3, -0.25) is 9.69 Å². The van der Waals surface area contributed by atoms with Crippen molar-refractivity contribution in [1.29, 1.82) is 0 Å². The second-order valence-corrected chi connectivity index (χ2v) is 8.47. The summed E-state index contributed by atoms with van der Waals surface area (Å²) in [6.07, 6.45) is -0.767. The van der Waals surface area contributed by atoms with Gasteiger partial charge >= 0.3 is 0 Å². The number of benzene rings is 2. The number of aryl methyl sites for hydroxylation is 1. The molecule has 1 unspecified atom stereocenters. The molecule has 2 heterocycles. The Hall–Kier alpha value is -2.71. The van der Waals surface area contributed by atoms with Crippen LogP contribution >= 0.6 is 0 Å². The molecule has 0 saturated heterocycles. The SMILES string of the molecule is Cc1ccc(C(=O)N2N=C3c4ccccc4S(=O)(=O)N3C2[NH+](C)C)cc1. The van der Waals surface area contributed by atoms with Crippen LogP contribution in [0.25, 0.3) is 0 Å². The average Bonchev–Trinajstić information content (AvgIpc) is 3.11. The van der Waals surface area contributed by atoms with Crippen molar-refractivity contribution in [2.75, 3.05) is 14.1 Å². The van der Waals surface area contributed by atoms with Crippen LogP contribution in [0.3, 0.4) is 0 Å². The zero-order chi connectivity index (χ0) is 18.6. The number of carbonyl (C=O) groups excluding carboxylic acids is 1. The number of carbonyl (C=O) groups is 1. The van der Waals surface area contributed by atoms with Crippen LogP contribution in [0.1, 0.15) is 21.5 Å². The molecule has 8 heteroatoms. The topological polar surface area (TPSA) is 74.5 Å². The number of hydrogen-bond acceptors (Lipinski definition) is 4. The lowest BCUT2D eigenvalue weighted by Crippen LogP contribution is -3.13. The van der Waals surface area contributed by atoms with Gasteiger partial charge in [0, 0.05) is 11.1 Å². The Morgan fingerprint density at radius 3 is 2.38 bits per heavy atom. The predicted molar refractivity (Wildman–Crippen MR) is 96.0 cm³/mol. The highest BCUT2D eigenvalue weighted by atomic mass is 32.2. The van der Waals surface area contributed by atoms with Crippen molar-refractivity contribution in [2.45, 2.75) is 18.1 Å². The van der Waals surface area contributed by atoms with E-state index in [0.717, 1.165) is 10.5 Å². The smallest absolute Gasteiger partial charge is 0.281 e. The number of nitrogens with one attached hydrogen (secondary N) is 1. The van der Waals surface area contributed by atoms with Gasteiger partial charge in [0.2, 0.25) is 0 Å². The maximum Gasteiger partial charge on any atom is 0.281 e. The summed E-state index contributed by atoms with van der Waals surface area (Å²) in [7, 11) is -0.140.